The summed E-state index contributed by atoms with van der Waals surface area (Å²) in [7, 11) is 1.24. The van der Waals surface area contributed by atoms with Gasteiger partial charge < -0.3 is 63.2 Å². The van der Waals surface area contributed by atoms with Gasteiger partial charge in [-0.05, 0) is 38.9 Å². The number of carbonyl (C=O) groups excluding carboxylic acids is 3. The summed E-state index contributed by atoms with van der Waals surface area (Å²) in [6.45, 7) is -0.343. The lowest BCUT2D eigenvalue weighted by molar-refractivity contribution is -0.303. The number of carbonyl (C=O) groups is 3. The Morgan fingerprint density at radius 2 is 1.15 bits per heavy atom. The number of aliphatic hydroxyl groups is 1. The number of hydrogen-bond acceptors (Lipinski definition) is 15. The monoisotopic (exact) mass is 494 g/mol. The Bertz CT molecular complexity index is 618. The number of nitrogens with two attached hydrogens (primary N) is 6. The van der Waals surface area contributed by atoms with Crippen molar-refractivity contribution in [2.24, 2.45) is 34.4 Å². The highest BCUT2D eigenvalue weighted by atomic mass is 16.7. The van der Waals surface area contributed by atoms with Crippen LogP contribution in [0.25, 0.3) is 0 Å². The third-order valence-corrected chi connectivity index (χ3v) is 5.10. The molecule has 0 bridgehead atoms. The molecular weight excluding hydrogens is 456 g/mol. The molecule has 0 radical (unpaired) electrons. The van der Waals surface area contributed by atoms with Gasteiger partial charge in [0.05, 0.1) is 6.61 Å². The highest BCUT2D eigenvalue weighted by Crippen LogP contribution is 2.29. The Balaban J connectivity index is 3.33. The van der Waals surface area contributed by atoms with Crippen LogP contribution < -0.4 is 34.4 Å². The van der Waals surface area contributed by atoms with E-state index >= 15 is 0 Å². The SMILES string of the molecule is CO[C@H]1O[C@H](CO)[C@@H](OC(=O)[C@@H](N)CCN)[C@H](OC(=O)[C@@H](N)CCN)[C@@H]1OC(=O)[C@@H](N)CCN. The summed E-state index contributed by atoms with van der Waals surface area (Å²) in [6, 6.07) is -3.31. The van der Waals surface area contributed by atoms with Crippen LogP contribution in [0.2, 0.25) is 0 Å². The van der Waals surface area contributed by atoms with Crippen LogP contribution >= 0.6 is 0 Å². The average molecular weight is 495 g/mol. The molecular formula is C19H38N6O9. The number of aliphatic hydroxyl groups excluding tert-OH is 1. The molecule has 8 atom stereocenters. The lowest BCUT2D eigenvalue weighted by atomic mass is 9.97. The quantitative estimate of drug-likeness (QED) is 0.0880. The molecule has 0 spiro atoms. The first-order valence-corrected chi connectivity index (χ1v) is 10.9. The van der Waals surface area contributed by atoms with Crippen LogP contribution in [0.1, 0.15) is 19.3 Å². The Morgan fingerprint density at radius 1 is 0.765 bits per heavy atom. The Morgan fingerprint density at radius 3 is 1.50 bits per heavy atom. The Kier molecular flexibility index (Phi) is 13.4. The van der Waals surface area contributed by atoms with Crippen LogP contribution in [-0.2, 0) is 38.1 Å². The molecule has 0 unspecified atom stereocenters. The van der Waals surface area contributed by atoms with E-state index in [2.05, 4.69) is 0 Å². The van der Waals surface area contributed by atoms with Gasteiger partial charge in [-0.25, -0.2) is 0 Å². The summed E-state index contributed by atoms with van der Waals surface area (Å²) in [5.41, 5.74) is 33.7. The predicted molar refractivity (Wildman–Crippen MR) is 117 cm³/mol. The molecule has 1 heterocycles. The van der Waals surface area contributed by atoms with Crippen molar-refractivity contribution < 1.29 is 43.2 Å². The van der Waals surface area contributed by atoms with E-state index in [4.69, 9.17) is 58.1 Å². The molecule has 15 heteroatoms. The summed E-state index contributed by atoms with van der Waals surface area (Å²) in [5.74, 6) is -2.70. The average Bonchev–Trinajstić information content (AvgIpc) is 2.81. The highest BCUT2D eigenvalue weighted by Gasteiger charge is 2.53. The fraction of sp³-hybridized carbons (Fsp3) is 0.842. The van der Waals surface area contributed by atoms with Crippen molar-refractivity contribution in [1.29, 1.82) is 0 Å². The standard InChI is InChI=1S/C19H38N6O9/c1-30-19-15(34-18(29)11(25)4-7-22)14(33-17(28)10(24)3-6-21)13(12(8-26)31-19)32-16(27)9(23)2-5-20/h9-15,19,26H,2-8,20-25H2,1H3/t9-,10-,11-,12+,13+,14-,15-,19-/m0/s1. The first-order chi connectivity index (χ1) is 16.1. The summed E-state index contributed by atoms with van der Waals surface area (Å²) in [6.07, 6.45) is -6.60. The van der Waals surface area contributed by atoms with Crippen LogP contribution in [0, 0.1) is 0 Å². The van der Waals surface area contributed by atoms with Crippen molar-refractivity contribution in [3.63, 3.8) is 0 Å². The van der Waals surface area contributed by atoms with Gasteiger partial charge in [-0.2, -0.15) is 0 Å². The largest absolute Gasteiger partial charge is 0.454 e. The number of methoxy groups -OCH3 is 1. The lowest BCUT2D eigenvalue weighted by Crippen LogP contribution is -2.64. The van der Waals surface area contributed by atoms with Gasteiger partial charge in [-0.3, -0.25) is 14.4 Å². The second-order valence-corrected chi connectivity index (χ2v) is 7.72. The van der Waals surface area contributed by atoms with Gasteiger partial charge in [0.1, 0.15) is 24.2 Å². The minimum absolute atomic E-state index is 0.0941. The molecule has 1 aliphatic rings. The van der Waals surface area contributed by atoms with Crippen molar-refractivity contribution in [3.05, 3.63) is 0 Å². The van der Waals surface area contributed by atoms with Crippen molar-refractivity contribution in [1.82, 2.24) is 0 Å². The molecule has 1 aliphatic heterocycles. The molecule has 0 aromatic carbocycles. The zero-order chi connectivity index (χ0) is 25.8. The van der Waals surface area contributed by atoms with E-state index in [1.807, 2.05) is 0 Å². The summed E-state index contributed by atoms with van der Waals surface area (Å²) in [5, 5.41) is 9.85. The van der Waals surface area contributed by atoms with Crippen molar-refractivity contribution in [2.75, 3.05) is 33.4 Å². The van der Waals surface area contributed by atoms with E-state index in [1.54, 1.807) is 0 Å². The zero-order valence-electron chi connectivity index (χ0n) is 19.2. The van der Waals surface area contributed by atoms with Gasteiger partial charge >= 0.3 is 17.9 Å². The second-order valence-electron chi connectivity index (χ2n) is 7.72. The van der Waals surface area contributed by atoms with Gasteiger partial charge in [0.2, 0.25) is 0 Å². The van der Waals surface area contributed by atoms with Crippen LogP contribution in [-0.4, -0.2) is 105 Å². The normalized spacial score (nSPS) is 27.4. The second kappa shape index (κ2) is 15.1. The molecule has 0 aromatic heterocycles. The van der Waals surface area contributed by atoms with Crippen molar-refractivity contribution >= 4 is 17.9 Å². The third kappa shape index (κ3) is 8.37. The minimum atomic E-state index is -1.49. The number of rotatable bonds is 14. The van der Waals surface area contributed by atoms with Crippen LogP contribution in [0.3, 0.4) is 0 Å². The molecule has 1 fully saturated rings. The van der Waals surface area contributed by atoms with Gasteiger partial charge in [0.15, 0.2) is 24.6 Å². The van der Waals surface area contributed by atoms with Crippen LogP contribution in [0.15, 0.2) is 0 Å². The minimum Gasteiger partial charge on any atom is -0.454 e. The molecule has 198 valence electrons. The lowest BCUT2D eigenvalue weighted by Gasteiger charge is -2.44. The molecule has 34 heavy (non-hydrogen) atoms. The molecule has 0 aromatic rings. The molecule has 15 nitrogen and oxygen atoms in total. The zero-order valence-corrected chi connectivity index (χ0v) is 19.2. The van der Waals surface area contributed by atoms with Crippen molar-refractivity contribution in [3.8, 4) is 0 Å². The highest BCUT2D eigenvalue weighted by molar-refractivity contribution is 5.77. The van der Waals surface area contributed by atoms with Crippen LogP contribution in [0.4, 0.5) is 0 Å². The van der Waals surface area contributed by atoms with Crippen LogP contribution in [0.5, 0.6) is 0 Å². The van der Waals surface area contributed by atoms with E-state index in [9.17, 15) is 19.5 Å². The van der Waals surface area contributed by atoms with Gasteiger partial charge in [0, 0.05) is 7.11 Å². The first kappa shape index (κ1) is 30.1. The topological polar surface area (TPSA) is 274 Å². The number of esters is 3. The number of hydrogen-bond donors (Lipinski definition) is 7. The van der Waals surface area contributed by atoms with Gasteiger partial charge in [0.25, 0.3) is 0 Å². The maximum Gasteiger partial charge on any atom is 0.323 e. The molecule has 0 saturated carbocycles. The Hall–Kier alpha value is -1.95. The number of ether oxygens (including phenoxy) is 5. The smallest absolute Gasteiger partial charge is 0.323 e. The Labute approximate surface area is 197 Å². The molecule has 1 saturated heterocycles. The van der Waals surface area contributed by atoms with E-state index < -0.39 is 73.3 Å². The third-order valence-electron chi connectivity index (χ3n) is 5.10. The van der Waals surface area contributed by atoms with Crippen molar-refractivity contribution in [2.45, 2.75) is 68.1 Å². The fourth-order valence-corrected chi connectivity index (χ4v) is 3.17. The summed E-state index contributed by atoms with van der Waals surface area (Å²) >= 11 is 0. The molecule has 13 N–H and O–H groups in total. The molecule has 0 aliphatic carbocycles. The van der Waals surface area contributed by atoms with E-state index in [0.717, 1.165) is 0 Å². The maximum absolute atomic E-state index is 12.6. The fourth-order valence-electron chi connectivity index (χ4n) is 3.17. The van der Waals surface area contributed by atoms with E-state index in [-0.39, 0.29) is 38.9 Å². The summed E-state index contributed by atoms with van der Waals surface area (Å²) < 4.78 is 27.2. The predicted octanol–water partition coefficient (Wildman–Crippen LogP) is -4.89. The maximum atomic E-state index is 12.6. The first-order valence-electron chi connectivity index (χ1n) is 10.9. The van der Waals surface area contributed by atoms with Gasteiger partial charge in [-0.1, -0.05) is 0 Å². The van der Waals surface area contributed by atoms with E-state index in [0.29, 0.717) is 0 Å². The molecule has 1 rings (SSSR count). The van der Waals surface area contributed by atoms with E-state index in [1.165, 1.54) is 7.11 Å². The van der Waals surface area contributed by atoms with Gasteiger partial charge in [-0.15, -0.1) is 0 Å². The molecule has 0 amide bonds. The summed E-state index contributed by atoms with van der Waals surface area (Å²) in [4.78, 5) is 37.6.